The molecule has 126 valence electrons. The molecule has 4 rings (SSSR count). The van der Waals surface area contributed by atoms with Crippen LogP contribution in [0.2, 0.25) is 0 Å². The first-order valence-electron chi connectivity index (χ1n) is 7.88. The van der Waals surface area contributed by atoms with Crippen LogP contribution in [0.25, 0.3) is 0 Å². The summed E-state index contributed by atoms with van der Waals surface area (Å²) < 4.78 is 16.0. The molecule has 0 N–H and O–H groups in total. The molecular weight excluding hydrogens is 320 g/mol. The van der Waals surface area contributed by atoms with Crippen LogP contribution in [0.5, 0.6) is 5.75 Å². The first kappa shape index (κ1) is 15.3. The van der Waals surface area contributed by atoms with Gasteiger partial charge in [-0.25, -0.2) is 5.01 Å². The van der Waals surface area contributed by atoms with Gasteiger partial charge in [0.25, 0.3) is 0 Å². The second-order valence-electron chi connectivity index (χ2n) is 5.65. The largest absolute Gasteiger partial charge is 0.497 e. The summed E-state index contributed by atoms with van der Waals surface area (Å²) in [6.45, 7) is 0. The molecule has 1 aromatic carbocycles. The molecule has 0 bridgehead atoms. The zero-order valence-corrected chi connectivity index (χ0v) is 13.6. The third kappa shape index (κ3) is 2.82. The van der Waals surface area contributed by atoms with Gasteiger partial charge >= 0.3 is 5.91 Å². The van der Waals surface area contributed by atoms with Gasteiger partial charge in [-0.15, -0.1) is 0 Å². The first-order chi connectivity index (χ1) is 12.3. The van der Waals surface area contributed by atoms with E-state index in [-0.39, 0.29) is 17.7 Å². The van der Waals surface area contributed by atoms with Crippen LogP contribution in [0.3, 0.4) is 0 Å². The topological polar surface area (TPSA) is 68.2 Å². The molecule has 0 saturated heterocycles. The summed E-state index contributed by atoms with van der Waals surface area (Å²) in [6.07, 6.45) is 3.61. The van der Waals surface area contributed by atoms with Crippen molar-refractivity contribution in [3.05, 3.63) is 78.1 Å². The molecule has 3 aromatic rings. The quantitative estimate of drug-likeness (QED) is 0.725. The van der Waals surface area contributed by atoms with Gasteiger partial charge in [-0.05, 0) is 42.0 Å². The molecule has 1 aliphatic rings. The Balaban J connectivity index is 1.72. The van der Waals surface area contributed by atoms with Gasteiger partial charge in [-0.1, -0.05) is 12.1 Å². The fourth-order valence-corrected chi connectivity index (χ4v) is 2.91. The van der Waals surface area contributed by atoms with Crippen LogP contribution in [-0.2, 0) is 0 Å². The Morgan fingerprint density at radius 3 is 2.72 bits per heavy atom. The molecule has 25 heavy (non-hydrogen) atoms. The molecule has 3 heterocycles. The summed E-state index contributed by atoms with van der Waals surface area (Å²) in [5.74, 6) is 1.34. The van der Waals surface area contributed by atoms with E-state index in [1.807, 2.05) is 30.3 Å². The summed E-state index contributed by atoms with van der Waals surface area (Å²) in [6, 6.07) is 14.3. The minimum atomic E-state index is -0.292. The maximum Gasteiger partial charge on any atom is 0.310 e. The Labute approximate surface area is 144 Å². The standard InChI is InChI=1S/C19H16N2O4/c1-23-14-6-2-5-13(11-14)16-12-15(17-7-3-9-24-17)20-21(16)19(22)18-8-4-10-25-18/h2-11,16H,12H2,1H3/t16-/m1/s1. The van der Waals surface area contributed by atoms with Crippen molar-refractivity contribution in [3.8, 4) is 5.75 Å². The zero-order valence-electron chi connectivity index (χ0n) is 13.6. The molecule has 0 aliphatic carbocycles. The molecule has 0 radical (unpaired) electrons. The van der Waals surface area contributed by atoms with Gasteiger partial charge in [0, 0.05) is 6.42 Å². The number of benzene rings is 1. The number of nitrogens with zero attached hydrogens (tertiary/aromatic N) is 2. The molecular formula is C19H16N2O4. The van der Waals surface area contributed by atoms with Crippen LogP contribution in [-0.4, -0.2) is 23.7 Å². The predicted molar refractivity (Wildman–Crippen MR) is 90.5 cm³/mol. The first-order valence-corrected chi connectivity index (χ1v) is 7.88. The maximum absolute atomic E-state index is 12.8. The number of hydrogen-bond donors (Lipinski definition) is 0. The van der Waals surface area contributed by atoms with Gasteiger partial charge in [-0.3, -0.25) is 4.79 Å². The number of hydrazone groups is 1. The van der Waals surface area contributed by atoms with Crippen molar-refractivity contribution < 1.29 is 18.4 Å². The van der Waals surface area contributed by atoms with Crippen LogP contribution < -0.4 is 4.74 Å². The van der Waals surface area contributed by atoms with E-state index in [0.29, 0.717) is 12.2 Å². The van der Waals surface area contributed by atoms with Crippen molar-refractivity contribution >= 4 is 11.6 Å². The average molecular weight is 336 g/mol. The van der Waals surface area contributed by atoms with Crippen molar-refractivity contribution in [2.75, 3.05) is 7.11 Å². The van der Waals surface area contributed by atoms with Gasteiger partial charge < -0.3 is 13.6 Å². The number of rotatable bonds is 4. The Morgan fingerprint density at radius 1 is 1.16 bits per heavy atom. The highest BCUT2D eigenvalue weighted by atomic mass is 16.5. The number of carbonyl (C=O) groups is 1. The predicted octanol–water partition coefficient (Wildman–Crippen LogP) is 3.87. The molecule has 1 amide bonds. The lowest BCUT2D eigenvalue weighted by atomic mass is 10.0. The smallest absolute Gasteiger partial charge is 0.310 e. The molecule has 6 nitrogen and oxygen atoms in total. The van der Waals surface area contributed by atoms with Crippen molar-refractivity contribution in [2.45, 2.75) is 12.5 Å². The van der Waals surface area contributed by atoms with Gasteiger partial charge in [0.2, 0.25) is 0 Å². The Morgan fingerprint density at radius 2 is 2.00 bits per heavy atom. The summed E-state index contributed by atoms with van der Waals surface area (Å²) in [5, 5.41) is 5.96. The minimum Gasteiger partial charge on any atom is -0.497 e. The van der Waals surface area contributed by atoms with E-state index in [4.69, 9.17) is 13.6 Å². The van der Waals surface area contributed by atoms with E-state index >= 15 is 0 Å². The molecule has 2 aromatic heterocycles. The fourth-order valence-electron chi connectivity index (χ4n) is 2.91. The van der Waals surface area contributed by atoms with Gasteiger partial charge in [0.1, 0.15) is 17.2 Å². The molecule has 1 aliphatic heterocycles. The van der Waals surface area contributed by atoms with E-state index in [0.717, 1.165) is 17.0 Å². The van der Waals surface area contributed by atoms with Crippen molar-refractivity contribution in [3.63, 3.8) is 0 Å². The summed E-state index contributed by atoms with van der Waals surface area (Å²) in [5.41, 5.74) is 1.65. The highest BCUT2D eigenvalue weighted by Crippen LogP contribution is 2.35. The lowest BCUT2D eigenvalue weighted by molar-refractivity contribution is 0.0678. The van der Waals surface area contributed by atoms with E-state index < -0.39 is 0 Å². The van der Waals surface area contributed by atoms with E-state index in [9.17, 15) is 4.79 Å². The third-order valence-corrected chi connectivity index (χ3v) is 4.13. The van der Waals surface area contributed by atoms with Crippen LogP contribution in [0.1, 0.15) is 34.3 Å². The van der Waals surface area contributed by atoms with Crippen LogP contribution >= 0.6 is 0 Å². The average Bonchev–Trinajstić information content (AvgIpc) is 3.42. The van der Waals surface area contributed by atoms with E-state index in [1.165, 1.54) is 11.3 Å². The second kappa shape index (κ2) is 6.32. The molecule has 0 saturated carbocycles. The van der Waals surface area contributed by atoms with Crippen molar-refractivity contribution in [1.82, 2.24) is 5.01 Å². The number of amides is 1. The third-order valence-electron chi connectivity index (χ3n) is 4.13. The molecule has 0 spiro atoms. The number of hydrogen-bond acceptors (Lipinski definition) is 5. The van der Waals surface area contributed by atoms with Crippen LogP contribution in [0.4, 0.5) is 0 Å². The lowest BCUT2D eigenvalue weighted by Crippen LogP contribution is -2.26. The number of methoxy groups -OCH3 is 1. The SMILES string of the molecule is COc1cccc([C@H]2CC(c3ccco3)=NN2C(=O)c2ccco2)c1. The highest BCUT2D eigenvalue weighted by Gasteiger charge is 2.35. The van der Waals surface area contributed by atoms with Gasteiger partial charge in [-0.2, -0.15) is 5.10 Å². The zero-order chi connectivity index (χ0) is 17.2. The van der Waals surface area contributed by atoms with Crippen LogP contribution in [0.15, 0.2) is 75.0 Å². The summed E-state index contributed by atoms with van der Waals surface area (Å²) in [4.78, 5) is 12.8. The Hall–Kier alpha value is -3.28. The Bertz CT molecular complexity index is 897. The number of carbonyl (C=O) groups excluding carboxylic acids is 1. The molecule has 0 unspecified atom stereocenters. The fraction of sp³-hybridized carbons (Fsp3) is 0.158. The van der Waals surface area contributed by atoms with Crippen molar-refractivity contribution in [1.29, 1.82) is 0 Å². The summed E-state index contributed by atoms with van der Waals surface area (Å²) >= 11 is 0. The maximum atomic E-state index is 12.8. The molecule has 6 heteroatoms. The minimum absolute atomic E-state index is 0.248. The second-order valence-corrected chi connectivity index (χ2v) is 5.65. The van der Waals surface area contributed by atoms with Crippen LogP contribution in [0, 0.1) is 0 Å². The number of ether oxygens (including phenoxy) is 1. The normalized spacial score (nSPS) is 16.8. The Kier molecular flexibility index (Phi) is 3.85. The molecule has 1 atom stereocenters. The van der Waals surface area contributed by atoms with Crippen molar-refractivity contribution in [2.24, 2.45) is 5.10 Å². The van der Waals surface area contributed by atoms with E-state index in [1.54, 1.807) is 31.6 Å². The van der Waals surface area contributed by atoms with E-state index in [2.05, 4.69) is 5.10 Å². The number of furan rings is 2. The lowest BCUT2D eigenvalue weighted by Gasteiger charge is -2.21. The summed E-state index contributed by atoms with van der Waals surface area (Å²) in [7, 11) is 1.62. The van der Waals surface area contributed by atoms with Gasteiger partial charge in [0.05, 0.1) is 25.7 Å². The van der Waals surface area contributed by atoms with Gasteiger partial charge in [0.15, 0.2) is 5.76 Å². The molecule has 0 fully saturated rings. The highest BCUT2D eigenvalue weighted by molar-refractivity contribution is 6.02. The monoisotopic (exact) mass is 336 g/mol.